The number of ether oxygens (including phenoxy) is 1. The molecule has 0 saturated heterocycles. The number of rotatable bonds is 5. The molecule has 1 atom stereocenters. The van der Waals surface area contributed by atoms with Crippen LogP contribution in [0.15, 0.2) is 36.5 Å². The summed E-state index contributed by atoms with van der Waals surface area (Å²) in [5.41, 5.74) is 8.17. The Hall–Kier alpha value is -2.89. The van der Waals surface area contributed by atoms with Crippen LogP contribution in [0, 0.1) is 6.92 Å². The fraction of sp³-hybridized carbons (Fsp3) is 0.278. The topological polar surface area (TPSA) is 85.5 Å². The average molecular weight is 325 g/mol. The summed E-state index contributed by atoms with van der Waals surface area (Å²) in [6, 6.07) is 8.64. The molecule has 3 rings (SSSR count). The van der Waals surface area contributed by atoms with E-state index in [9.17, 15) is 9.59 Å². The number of nitrogens with zero attached hydrogens (tertiary/aromatic N) is 2. The van der Waals surface area contributed by atoms with Crippen LogP contribution in [0.3, 0.4) is 0 Å². The number of amides is 2. The molecule has 2 aromatic rings. The molecular weight excluding hydrogens is 306 g/mol. The predicted molar refractivity (Wildman–Crippen MR) is 89.9 cm³/mol. The summed E-state index contributed by atoms with van der Waals surface area (Å²) in [7, 11) is 0. The zero-order chi connectivity index (χ0) is 17.3. The number of nitrogen functional groups attached to an aromatic ring is 1. The smallest absolute Gasteiger partial charge is 0.261 e. The highest BCUT2D eigenvalue weighted by atomic mass is 16.5. The molecule has 0 unspecified atom stereocenters. The maximum absolute atomic E-state index is 12.3. The lowest BCUT2D eigenvalue weighted by Gasteiger charge is -2.18. The third kappa shape index (κ3) is 2.95. The normalized spacial score (nSPS) is 14.7. The van der Waals surface area contributed by atoms with Gasteiger partial charge in [0.2, 0.25) is 5.88 Å². The Bertz CT molecular complexity index is 769. The van der Waals surface area contributed by atoms with E-state index in [2.05, 4.69) is 4.98 Å². The SMILES string of the molecule is Cc1cc(O[C@H](C)CCN2C(=O)c3ccccc3C2=O)ncc1N. The highest BCUT2D eigenvalue weighted by molar-refractivity contribution is 6.21. The Morgan fingerprint density at radius 3 is 2.42 bits per heavy atom. The second-order valence-corrected chi connectivity index (χ2v) is 5.90. The van der Waals surface area contributed by atoms with E-state index in [-0.39, 0.29) is 17.9 Å². The number of anilines is 1. The lowest BCUT2D eigenvalue weighted by molar-refractivity contribution is 0.0633. The number of carbonyl (C=O) groups excluding carboxylic acids is 2. The Kier molecular flexibility index (Phi) is 4.20. The summed E-state index contributed by atoms with van der Waals surface area (Å²) in [5.74, 6) is -0.00920. The molecule has 0 bridgehead atoms. The van der Waals surface area contributed by atoms with Gasteiger partial charge in [0.1, 0.15) is 0 Å². The molecule has 2 heterocycles. The zero-order valence-corrected chi connectivity index (χ0v) is 13.7. The van der Waals surface area contributed by atoms with E-state index in [0.29, 0.717) is 35.7 Å². The van der Waals surface area contributed by atoms with E-state index in [0.717, 1.165) is 5.56 Å². The van der Waals surface area contributed by atoms with Crippen molar-refractivity contribution in [3.05, 3.63) is 53.2 Å². The summed E-state index contributed by atoms with van der Waals surface area (Å²) in [5, 5.41) is 0. The Labute approximate surface area is 140 Å². The van der Waals surface area contributed by atoms with Crippen LogP contribution in [0.2, 0.25) is 0 Å². The molecule has 24 heavy (non-hydrogen) atoms. The molecule has 0 radical (unpaired) electrons. The first-order valence-corrected chi connectivity index (χ1v) is 7.81. The van der Waals surface area contributed by atoms with Gasteiger partial charge in [-0.2, -0.15) is 0 Å². The van der Waals surface area contributed by atoms with Gasteiger partial charge in [-0.05, 0) is 31.5 Å². The van der Waals surface area contributed by atoms with E-state index >= 15 is 0 Å². The predicted octanol–water partition coefficient (Wildman–Crippen LogP) is 2.43. The molecule has 1 aromatic heterocycles. The van der Waals surface area contributed by atoms with E-state index in [1.165, 1.54) is 4.90 Å². The first-order valence-electron chi connectivity index (χ1n) is 7.81. The first-order chi connectivity index (χ1) is 11.5. The molecule has 0 aliphatic carbocycles. The Morgan fingerprint density at radius 2 is 1.83 bits per heavy atom. The van der Waals surface area contributed by atoms with Crippen LogP contribution in [0.25, 0.3) is 0 Å². The van der Waals surface area contributed by atoms with Gasteiger partial charge in [-0.15, -0.1) is 0 Å². The van der Waals surface area contributed by atoms with Gasteiger partial charge in [-0.25, -0.2) is 4.98 Å². The number of hydrogen-bond acceptors (Lipinski definition) is 5. The minimum Gasteiger partial charge on any atom is -0.475 e. The fourth-order valence-electron chi connectivity index (χ4n) is 2.62. The molecule has 2 N–H and O–H groups in total. The second-order valence-electron chi connectivity index (χ2n) is 5.90. The van der Waals surface area contributed by atoms with Gasteiger partial charge in [0.15, 0.2) is 0 Å². The largest absolute Gasteiger partial charge is 0.475 e. The van der Waals surface area contributed by atoms with Crippen molar-refractivity contribution in [3.63, 3.8) is 0 Å². The van der Waals surface area contributed by atoms with Crippen LogP contribution in [-0.4, -0.2) is 34.3 Å². The maximum Gasteiger partial charge on any atom is 0.261 e. The standard InChI is InChI=1S/C18H19N3O3/c1-11-9-16(20-10-15(11)19)24-12(2)7-8-21-17(22)13-5-3-4-6-14(13)18(21)23/h3-6,9-10,12H,7-8,19H2,1-2H3/t12-/m1/s1. The number of imide groups is 1. The number of pyridine rings is 1. The van der Waals surface area contributed by atoms with Crippen LogP contribution >= 0.6 is 0 Å². The summed E-state index contributed by atoms with van der Waals surface area (Å²) in [6.45, 7) is 4.07. The maximum atomic E-state index is 12.3. The number of carbonyl (C=O) groups is 2. The first kappa shape index (κ1) is 16.0. The summed E-state index contributed by atoms with van der Waals surface area (Å²) in [4.78, 5) is 30.0. The van der Waals surface area contributed by atoms with Gasteiger partial charge >= 0.3 is 0 Å². The molecule has 0 fully saturated rings. The highest BCUT2D eigenvalue weighted by Gasteiger charge is 2.34. The zero-order valence-electron chi connectivity index (χ0n) is 13.7. The van der Waals surface area contributed by atoms with Crippen LogP contribution in [-0.2, 0) is 0 Å². The number of aromatic nitrogens is 1. The van der Waals surface area contributed by atoms with Gasteiger partial charge in [-0.1, -0.05) is 12.1 Å². The molecule has 2 amide bonds. The monoisotopic (exact) mass is 325 g/mol. The van der Waals surface area contributed by atoms with Crippen molar-refractivity contribution in [1.82, 2.24) is 9.88 Å². The van der Waals surface area contributed by atoms with Crippen molar-refractivity contribution in [2.24, 2.45) is 0 Å². The quantitative estimate of drug-likeness (QED) is 0.853. The van der Waals surface area contributed by atoms with E-state index in [4.69, 9.17) is 10.5 Å². The minimum atomic E-state index is -0.246. The van der Waals surface area contributed by atoms with Gasteiger partial charge in [-0.3, -0.25) is 14.5 Å². The fourth-order valence-corrected chi connectivity index (χ4v) is 2.62. The summed E-state index contributed by atoms with van der Waals surface area (Å²) in [6.07, 6.45) is 1.89. The van der Waals surface area contributed by atoms with Gasteiger partial charge in [0.05, 0.1) is 29.1 Å². The number of nitrogens with two attached hydrogens (primary N) is 1. The number of fused-ring (bicyclic) bond motifs is 1. The molecular formula is C18H19N3O3. The van der Waals surface area contributed by atoms with Crippen molar-refractivity contribution in [2.75, 3.05) is 12.3 Å². The molecule has 1 aliphatic heterocycles. The molecule has 0 saturated carbocycles. The number of hydrogen-bond donors (Lipinski definition) is 1. The van der Waals surface area contributed by atoms with Gasteiger partial charge in [0.25, 0.3) is 11.8 Å². The average Bonchev–Trinajstić information content (AvgIpc) is 2.81. The number of aryl methyl sites for hydroxylation is 1. The lowest BCUT2D eigenvalue weighted by Crippen LogP contribution is -2.33. The molecule has 6 heteroatoms. The van der Waals surface area contributed by atoms with Crippen LogP contribution in [0.5, 0.6) is 5.88 Å². The lowest BCUT2D eigenvalue weighted by atomic mass is 10.1. The highest BCUT2D eigenvalue weighted by Crippen LogP contribution is 2.23. The minimum absolute atomic E-state index is 0.190. The van der Waals surface area contributed by atoms with Crippen molar-refractivity contribution in [2.45, 2.75) is 26.4 Å². The number of benzene rings is 1. The van der Waals surface area contributed by atoms with Crippen LogP contribution in [0.1, 0.15) is 39.6 Å². The molecule has 0 spiro atoms. The van der Waals surface area contributed by atoms with Crippen molar-refractivity contribution >= 4 is 17.5 Å². The van der Waals surface area contributed by atoms with Crippen molar-refractivity contribution in [1.29, 1.82) is 0 Å². The summed E-state index contributed by atoms with van der Waals surface area (Å²) < 4.78 is 5.74. The Morgan fingerprint density at radius 1 is 1.21 bits per heavy atom. The molecule has 6 nitrogen and oxygen atoms in total. The van der Waals surface area contributed by atoms with Gasteiger partial charge in [0, 0.05) is 19.0 Å². The third-order valence-corrected chi connectivity index (χ3v) is 4.09. The van der Waals surface area contributed by atoms with Crippen LogP contribution < -0.4 is 10.5 Å². The van der Waals surface area contributed by atoms with Crippen LogP contribution in [0.4, 0.5) is 5.69 Å². The molecule has 1 aromatic carbocycles. The molecule has 1 aliphatic rings. The third-order valence-electron chi connectivity index (χ3n) is 4.09. The van der Waals surface area contributed by atoms with E-state index in [1.54, 1.807) is 36.5 Å². The van der Waals surface area contributed by atoms with E-state index < -0.39 is 0 Å². The second kappa shape index (κ2) is 6.31. The molecule has 124 valence electrons. The van der Waals surface area contributed by atoms with Gasteiger partial charge < -0.3 is 10.5 Å². The van der Waals surface area contributed by atoms with Crippen molar-refractivity contribution < 1.29 is 14.3 Å². The van der Waals surface area contributed by atoms with E-state index in [1.807, 2.05) is 13.8 Å². The Balaban J connectivity index is 1.61. The van der Waals surface area contributed by atoms with Crippen molar-refractivity contribution in [3.8, 4) is 5.88 Å². The summed E-state index contributed by atoms with van der Waals surface area (Å²) >= 11 is 0.